The summed E-state index contributed by atoms with van der Waals surface area (Å²) in [7, 11) is 0. The van der Waals surface area contributed by atoms with Crippen LogP contribution in [-0.4, -0.2) is 16.7 Å². The predicted octanol–water partition coefficient (Wildman–Crippen LogP) is 2.61. The number of hydrazone groups is 1. The molecule has 3 rings (SSSR count). The second kappa shape index (κ2) is 4.68. The maximum absolute atomic E-state index is 12.0. The van der Waals surface area contributed by atoms with Gasteiger partial charge in [0.05, 0.1) is 5.56 Å². The molecule has 2 bridgehead atoms. The molecule has 1 aromatic carbocycles. The summed E-state index contributed by atoms with van der Waals surface area (Å²) in [6, 6.07) is 5.14. The van der Waals surface area contributed by atoms with Crippen molar-refractivity contribution >= 4 is 11.6 Å². The summed E-state index contributed by atoms with van der Waals surface area (Å²) in [5.41, 5.74) is 4.68. The van der Waals surface area contributed by atoms with E-state index in [2.05, 4.69) is 10.5 Å². The second-order valence-corrected chi connectivity index (χ2v) is 5.60. The van der Waals surface area contributed by atoms with Crippen LogP contribution in [0.2, 0.25) is 0 Å². The van der Waals surface area contributed by atoms with Crippen LogP contribution >= 0.6 is 0 Å². The largest absolute Gasteiger partial charge is 0.507 e. The van der Waals surface area contributed by atoms with E-state index in [1.165, 1.54) is 19.3 Å². The molecule has 0 heterocycles. The molecule has 0 radical (unpaired) electrons. The van der Waals surface area contributed by atoms with Crippen molar-refractivity contribution < 1.29 is 9.90 Å². The summed E-state index contributed by atoms with van der Waals surface area (Å²) in [6.07, 6.45) is 4.75. The van der Waals surface area contributed by atoms with Crippen molar-refractivity contribution in [1.82, 2.24) is 5.43 Å². The maximum atomic E-state index is 12.0. The summed E-state index contributed by atoms with van der Waals surface area (Å²) >= 11 is 0. The minimum Gasteiger partial charge on any atom is -0.507 e. The first-order valence-electron chi connectivity index (χ1n) is 6.80. The minimum absolute atomic E-state index is 0.0353. The van der Waals surface area contributed by atoms with Crippen molar-refractivity contribution in [3.63, 3.8) is 0 Å². The third-order valence-electron chi connectivity index (χ3n) is 4.29. The lowest BCUT2D eigenvalue weighted by atomic mass is 9.99. The van der Waals surface area contributed by atoms with E-state index in [-0.39, 0.29) is 17.2 Å². The van der Waals surface area contributed by atoms with E-state index in [9.17, 15) is 9.90 Å². The van der Waals surface area contributed by atoms with E-state index < -0.39 is 0 Å². The lowest BCUT2D eigenvalue weighted by Gasteiger charge is -2.12. The highest BCUT2D eigenvalue weighted by Crippen LogP contribution is 2.42. The van der Waals surface area contributed by atoms with Gasteiger partial charge in [0.25, 0.3) is 5.91 Å². The van der Waals surface area contributed by atoms with Gasteiger partial charge in [-0.25, -0.2) is 5.43 Å². The van der Waals surface area contributed by atoms with Crippen molar-refractivity contribution in [2.45, 2.75) is 32.6 Å². The van der Waals surface area contributed by atoms with E-state index in [1.807, 2.05) is 0 Å². The fourth-order valence-corrected chi connectivity index (χ4v) is 3.19. The van der Waals surface area contributed by atoms with Gasteiger partial charge in [-0.05, 0) is 56.1 Å². The van der Waals surface area contributed by atoms with Crippen LogP contribution in [0.4, 0.5) is 0 Å². The molecule has 1 amide bonds. The van der Waals surface area contributed by atoms with Gasteiger partial charge >= 0.3 is 0 Å². The van der Waals surface area contributed by atoms with E-state index in [1.54, 1.807) is 25.1 Å². The van der Waals surface area contributed by atoms with Crippen LogP contribution in [0.5, 0.6) is 5.75 Å². The molecule has 100 valence electrons. The van der Waals surface area contributed by atoms with Crippen LogP contribution < -0.4 is 5.43 Å². The van der Waals surface area contributed by atoms with Crippen LogP contribution in [-0.2, 0) is 0 Å². The van der Waals surface area contributed by atoms with Crippen molar-refractivity contribution in [2.75, 3.05) is 0 Å². The van der Waals surface area contributed by atoms with Gasteiger partial charge in [0.2, 0.25) is 0 Å². The standard InChI is InChI=1S/C15H18N2O2/c1-9-3-2-4-12(14(9)18)15(19)17-16-13-8-10-5-6-11(13)7-10/h2-4,10-11,18H,5-8H2,1H3,(H,17,19)/b16-13+/t10-,11+/m1/s1. The third kappa shape index (κ3) is 2.23. The molecule has 2 saturated carbocycles. The number of benzene rings is 1. The zero-order valence-electron chi connectivity index (χ0n) is 11.0. The van der Waals surface area contributed by atoms with Gasteiger partial charge in [-0.3, -0.25) is 4.79 Å². The van der Waals surface area contributed by atoms with E-state index in [0.717, 1.165) is 18.1 Å². The Morgan fingerprint density at radius 3 is 2.95 bits per heavy atom. The first-order chi connectivity index (χ1) is 9.15. The molecular weight excluding hydrogens is 240 g/mol. The van der Waals surface area contributed by atoms with Crippen molar-refractivity contribution in [2.24, 2.45) is 16.9 Å². The predicted molar refractivity (Wildman–Crippen MR) is 73.2 cm³/mol. The number of aryl methyl sites for hydroxylation is 1. The molecule has 2 atom stereocenters. The zero-order valence-corrected chi connectivity index (χ0v) is 11.0. The molecular formula is C15H18N2O2. The number of aromatic hydroxyl groups is 1. The van der Waals surface area contributed by atoms with Crippen molar-refractivity contribution in [3.8, 4) is 5.75 Å². The van der Waals surface area contributed by atoms with E-state index in [4.69, 9.17) is 0 Å². The summed E-state index contributed by atoms with van der Waals surface area (Å²) in [6.45, 7) is 1.77. The quantitative estimate of drug-likeness (QED) is 0.801. The highest BCUT2D eigenvalue weighted by atomic mass is 16.3. The molecule has 0 aromatic heterocycles. The fraction of sp³-hybridized carbons (Fsp3) is 0.467. The number of nitrogens with one attached hydrogen (secondary N) is 1. The SMILES string of the molecule is Cc1cccc(C(=O)N/N=C2\C[C@@H]3CC[C@H]2C3)c1O. The molecule has 2 N–H and O–H groups in total. The normalized spacial score (nSPS) is 26.9. The van der Waals surface area contributed by atoms with Gasteiger partial charge in [-0.1, -0.05) is 12.1 Å². The summed E-state index contributed by atoms with van der Waals surface area (Å²) in [5, 5.41) is 14.1. The first-order valence-corrected chi connectivity index (χ1v) is 6.80. The average Bonchev–Trinajstić information content (AvgIpc) is 3.01. The Labute approximate surface area is 112 Å². The summed E-state index contributed by atoms with van der Waals surface area (Å²) < 4.78 is 0. The summed E-state index contributed by atoms with van der Waals surface area (Å²) in [4.78, 5) is 12.0. The Kier molecular flexibility index (Phi) is 3.01. The highest BCUT2D eigenvalue weighted by molar-refractivity contribution is 5.98. The lowest BCUT2D eigenvalue weighted by Crippen LogP contribution is -2.22. The number of amides is 1. The molecule has 0 saturated heterocycles. The molecule has 4 heteroatoms. The smallest absolute Gasteiger partial charge is 0.275 e. The Morgan fingerprint density at radius 1 is 1.42 bits per heavy atom. The molecule has 1 aromatic rings. The molecule has 0 unspecified atom stereocenters. The minimum atomic E-state index is -0.337. The molecule has 0 spiro atoms. The highest BCUT2D eigenvalue weighted by Gasteiger charge is 2.36. The number of nitrogens with zero attached hydrogens (tertiary/aromatic N) is 1. The first kappa shape index (κ1) is 12.2. The fourth-order valence-electron chi connectivity index (χ4n) is 3.19. The second-order valence-electron chi connectivity index (χ2n) is 5.60. The van der Waals surface area contributed by atoms with Gasteiger partial charge in [0.1, 0.15) is 5.75 Å². The third-order valence-corrected chi connectivity index (χ3v) is 4.29. The summed E-state index contributed by atoms with van der Waals surface area (Å²) in [5.74, 6) is 1.04. The van der Waals surface area contributed by atoms with E-state index >= 15 is 0 Å². The van der Waals surface area contributed by atoms with Crippen LogP contribution in [0.25, 0.3) is 0 Å². The molecule has 0 aliphatic heterocycles. The van der Waals surface area contributed by atoms with Crippen molar-refractivity contribution in [1.29, 1.82) is 0 Å². The molecule has 19 heavy (non-hydrogen) atoms. The number of phenolic OH excluding ortho intramolecular Hbond substituents is 1. The topological polar surface area (TPSA) is 61.7 Å². The molecule has 2 aliphatic carbocycles. The van der Waals surface area contributed by atoms with Crippen LogP contribution in [0, 0.1) is 18.8 Å². The molecule has 2 fully saturated rings. The van der Waals surface area contributed by atoms with Gasteiger partial charge < -0.3 is 5.11 Å². The number of fused-ring (bicyclic) bond motifs is 2. The maximum Gasteiger partial charge on any atom is 0.275 e. The van der Waals surface area contributed by atoms with Crippen LogP contribution in [0.3, 0.4) is 0 Å². The number of rotatable bonds is 2. The van der Waals surface area contributed by atoms with E-state index in [0.29, 0.717) is 11.5 Å². The Morgan fingerprint density at radius 2 is 2.26 bits per heavy atom. The van der Waals surface area contributed by atoms with Gasteiger partial charge in [-0.15, -0.1) is 0 Å². The average molecular weight is 258 g/mol. The lowest BCUT2D eigenvalue weighted by molar-refractivity contribution is 0.0951. The van der Waals surface area contributed by atoms with Gasteiger partial charge in [0.15, 0.2) is 0 Å². The molecule has 4 nitrogen and oxygen atoms in total. The number of hydrogen-bond donors (Lipinski definition) is 2. The monoisotopic (exact) mass is 258 g/mol. The van der Waals surface area contributed by atoms with Gasteiger partial charge in [0, 0.05) is 5.71 Å². The number of para-hydroxylation sites is 1. The zero-order chi connectivity index (χ0) is 13.4. The van der Waals surface area contributed by atoms with Crippen LogP contribution in [0.1, 0.15) is 41.6 Å². The van der Waals surface area contributed by atoms with Gasteiger partial charge in [-0.2, -0.15) is 5.10 Å². The number of phenols is 1. The Balaban J connectivity index is 1.72. The number of carbonyl (C=O) groups is 1. The number of carbonyl (C=O) groups excluding carboxylic acids is 1. The molecule has 2 aliphatic rings. The Hall–Kier alpha value is -1.84. The Bertz CT molecular complexity index is 551. The van der Waals surface area contributed by atoms with Crippen LogP contribution in [0.15, 0.2) is 23.3 Å². The number of hydrogen-bond acceptors (Lipinski definition) is 3. The van der Waals surface area contributed by atoms with Crippen molar-refractivity contribution in [3.05, 3.63) is 29.3 Å².